The number of carbonyl (C=O) groups excluding carboxylic acids is 2. The number of anilines is 1. The largest absolute Gasteiger partial charge is 0.469 e. The number of amides is 1. The van der Waals surface area contributed by atoms with Crippen LogP contribution in [-0.2, 0) is 19.7 Å². The highest BCUT2D eigenvalue weighted by Crippen LogP contribution is 2.32. The van der Waals surface area contributed by atoms with E-state index in [0.717, 1.165) is 11.3 Å². The average molecular weight is 418 g/mol. The summed E-state index contributed by atoms with van der Waals surface area (Å²) >= 11 is 6.48. The molecule has 0 saturated heterocycles. The number of hydrogen-bond donors (Lipinski definition) is 2. The van der Waals surface area contributed by atoms with Crippen LogP contribution in [0.1, 0.15) is 39.8 Å². The Bertz CT molecular complexity index is 1060. The first-order chi connectivity index (χ1) is 13.6. The van der Waals surface area contributed by atoms with Crippen LogP contribution in [0.3, 0.4) is 0 Å². The smallest absolute Gasteiger partial charge is 0.306 e. The van der Waals surface area contributed by atoms with Crippen LogP contribution in [0.4, 0.5) is 5.69 Å². The lowest BCUT2D eigenvalue weighted by Crippen LogP contribution is -2.23. The van der Waals surface area contributed by atoms with Crippen LogP contribution in [0.25, 0.3) is 17.0 Å². The number of H-pyrrole nitrogens is 1. The summed E-state index contributed by atoms with van der Waals surface area (Å²) in [4.78, 5) is 26.9. The third kappa shape index (κ3) is 4.42. The summed E-state index contributed by atoms with van der Waals surface area (Å²) in [6.45, 7) is 7.78. The van der Waals surface area contributed by atoms with Crippen molar-refractivity contribution in [2.75, 3.05) is 12.4 Å². The van der Waals surface area contributed by atoms with Gasteiger partial charge in [-0.05, 0) is 12.1 Å². The van der Waals surface area contributed by atoms with Gasteiger partial charge in [0.1, 0.15) is 5.02 Å². The van der Waals surface area contributed by atoms with Crippen molar-refractivity contribution in [2.24, 2.45) is 5.92 Å². The molecule has 1 unspecified atom stereocenters. The van der Waals surface area contributed by atoms with Crippen LogP contribution in [-0.4, -0.2) is 38.8 Å². The molecule has 2 heterocycles. The monoisotopic (exact) mass is 417 g/mol. The molecule has 0 radical (unpaired) electrons. The summed E-state index contributed by atoms with van der Waals surface area (Å²) < 4.78 is 6.10. The number of fused-ring (bicyclic) bond motifs is 1. The molecule has 0 fully saturated rings. The minimum absolute atomic E-state index is 0.0199. The number of ether oxygens (including phenoxy) is 1. The summed E-state index contributed by atoms with van der Waals surface area (Å²) in [7, 11) is 1.30. The number of benzene rings is 1. The molecule has 8 nitrogen and oxygen atoms in total. The van der Waals surface area contributed by atoms with Crippen LogP contribution >= 0.6 is 11.6 Å². The highest BCUT2D eigenvalue weighted by Gasteiger charge is 2.25. The number of nitrogens with zero attached hydrogens (tertiary/aromatic N) is 3. The normalized spacial score (nSPS) is 12.8. The third-order valence-corrected chi connectivity index (χ3v) is 4.86. The molecule has 0 aliphatic rings. The Hall–Kier alpha value is -2.87. The van der Waals surface area contributed by atoms with Gasteiger partial charge in [0.2, 0.25) is 5.91 Å². The van der Waals surface area contributed by atoms with Crippen molar-refractivity contribution in [1.29, 1.82) is 0 Å². The predicted molar refractivity (Wildman–Crippen MR) is 111 cm³/mol. The molecule has 154 valence electrons. The minimum atomic E-state index is -0.507. The Morgan fingerprint density at radius 1 is 1.31 bits per heavy atom. The van der Waals surface area contributed by atoms with Gasteiger partial charge in [-0.3, -0.25) is 9.59 Å². The number of nitrogens with one attached hydrogen (secondary N) is 2. The molecule has 2 aromatic heterocycles. The van der Waals surface area contributed by atoms with Crippen molar-refractivity contribution < 1.29 is 14.3 Å². The first kappa shape index (κ1) is 20.9. The second-order valence-corrected chi connectivity index (χ2v) is 8.35. The lowest BCUT2D eigenvalue weighted by atomic mass is 9.92. The highest BCUT2D eigenvalue weighted by molar-refractivity contribution is 6.34. The van der Waals surface area contributed by atoms with Gasteiger partial charge in [0.05, 0.1) is 19.2 Å². The third-order valence-electron chi connectivity index (χ3n) is 4.50. The lowest BCUT2D eigenvalue weighted by molar-refractivity contribution is -0.143. The molecule has 3 rings (SSSR count). The van der Waals surface area contributed by atoms with Crippen molar-refractivity contribution in [3.8, 4) is 11.4 Å². The zero-order valence-electron chi connectivity index (χ0n) is 17.0. The maximum absolute atomic E-state index is 12.3. The molecule has 1 aromatic carbocycles. The van der Waals surface area contributed by atoms with Crippen molar-refractivity contribution in [3.05, 3.63) is 35.0 Å². The second-order valence-electron chi connectivity index (χ2n) is 7.98. The summed E-state index contributed by atoms with van der Waals surface area (Å²) in [5.41, 5.74) is 2.55. The SMILES string of the molecule is COC(=O)CC(C)C(=O)Nc1cccc(-c2nn3nc(C(C)(C)C)c(Cl)c3[nH]2)c1. The Morgan fingerprint density at radius 2 is 2.03 bits per heavy atom. The molecule has 0 bridgehead atoms. The first-order valence-corrected chi connectivity index (χ1v) is 9.61. The van der Waals surface area contributed by atoms with Gasteiger partial charge in [-0.25, -0.2) is 0 Å². The number of rotatable bonds is 5. The summed E-state index contributed by atoms with van der Waals surface area (Å²) in [5.74, 6) is -0.618. The van der Waals surface area contributed by atoms with Gasteiger partial charge in [0, 0.05) is 22.6 Å². The van der Waals surface area contributed by atoms with Crippen LogP contribution in [0.5, 0.6) is 0 Å². The Balaban J connectivity index is 1.82. The van der Waals surface area contributed by atoms with Gasteiger partial charge in [-0.1, -0.05) is 51.4 Å². The van der Waals surface area contributed by atoms with Gasteiger partial charge in [0.25, 0.3) is 0 Å². The maximum atomic E-state index is 12.3. The van der Waals surface area contributed by atoms with E-state index in [2.05, 4.69) is 25.2 Å². The molecule has 0 saturated carbocycles. The number of esters is 1. The van der Waals surface area contributed by atoms with E-state index in [1.165, 1.54) is 11.7 Å². The van der Waals surface area contributed by atoms with E-state index in [1.54, 1.807) is 19.1 Å². The van der Waals surface area contributed by atoms with Gasteiger partial charge >= 0.3 is 5.97 Å². The summed E-state index contributed by atoms with van der Waals surface area (Å²) in [6.07, 6.45) is 0.0199. The molecule has 29 heavy (non-hydrogen) atoms. The van der Waals surface area contributed by atoms with E-state index in [0.29, 0.717) is 22.2 Å². The highest BCUT2D eigenvalue weighted by atomic mass is 35.5. The molecule has 0 spiro atoms. The fourth-order valence-corrected chi connectivity index (χ4v) is 3.29. The van der Waals surface area contributed by atoms with E-state index in [-0.39, 0.29) is 17.7 Å². The first-order valence-electron chi connectivity index (χ1n) is 9.23. The van der Waals surface area contributed by atoms with Crippen LogP contribution in [0, 0.1) is 5.92 Å². The average Bonchev–Trinajstić information content (AvgIpc) is 3.21. The standard InChI is InChI=1S/C20H24ClN5O3/c1-11(9-14(27)29-5)19(28)22-13-8-6-7-12(10-13)17-23-18-15(21)16(20(2,3)4)24-26(18)25-17/h6-8,10-11H,9H2,1-5H3,(H,22,28)(H,23,25). The molecule has 3 aromatic rings. The quantitative estimate of drug-likeness (QED) is 0.614. The number of hydrogen-bond acceptors (Lipinski definition) is 5. The molecular formula is C20H24ClN5O3. The molecule has 0 aliphatic heterocycles. The topological polar surface area (TPSA) is 101 Å². The fourth-order valence-electron chi connectivity index (χ4n) is 2.84. The fraction of sp³-hybridized carbons (Fsp3) is 0.400. The van der Waals surface area contributed by atoms with Gasteiger partial charge in [-0.2, -0.15) is 5.10 Å². The number of aromatic nitrogens is 4. The van der Waals surface area contributed by atoms with Crippen molar-refractivity contribution in [3.63, 3.8) is 0 Å². The van der Waals surface area contributed by atoms with Crippen molar-refractivity contribution in [1.82, 2.24) is 19.8 Å². The van der Waals surface area contributed by atoms with Crippen molar-refractivity contribution >= 4 is 34.8 Å². The van der Waals surface area contributed by atoms with Gasteiger partial charge < -0.3 is 15.0 Å². The van der Waals surface area contributed by atoms with E-state index in [1.807, 2.05) is 32.9 Å². The number of aromatic amines is 1. The second kappa shape index (κ2) is 7.87. The zero-order valence-corrected chi connectivity index (χ0v) is 17.8. The van der Waals surface area contributed by atoms with Gasteiger partial charge in [-0.15, -0.1) is 9.73 Å². The summed E-state index contributed by atoms with van der Waals surface area (Å²) in [5, 5.41) is 12.3. The Labute approximate surface area is 173 Å². The minimum Gasteiger partial charge on any atom is -0.469 e. The van der Waals surface area contributed by atoms with E-state index in [9.17, 15) is 9.59 Å². The number of methoxy groups -OCH3 is 1. The van der Waals surface area contributed by atoms with Crippen molar-refractivity contribution in [2.45, 2.75) is 39.5 Å². The molecule has 1 amide bonds. The summed E-state index contributed by atoms with van der Waals surface area (Å²) in [6, 6.07) is 7.23. The Morgan fingerprint density at radius 3 is 2.66 bits per heavy atom. The molecular weight excluding hydrogens is 394 g/mol. The maximum Gasteiger partial charge on any atom is 0.306 e. The van der Waals surface area contributed by atoms with Crippen LogP contribution < -0.4 is 5.32 Å². The van der Waals surface area contributed by atoms with Gasteiger partial charge in [0.15, 0.2) is 11.5 Å². The number of carbonyl (C=O) groups is 2. The molecule has 0 aliphatic carbocycles. The van der Waals surface area contributed by atoms with Crippen LogP contribution in [0.2, 0.25) is 5.02 Å². The van der Waals surface area contributed by atoms with E-state index in [4.69, 9.17) is 11.6 Å². The number of halogens is 1. The molecule has 9 heteroatoms. The predicted octanol–water partition coefficient (Wildman–Crippen LogP) is 3.81. The van der Waals surface area contributed by atoms with E-state index >= 15 is 0 Å². The zero-order chi connectivity index (χ0) is 21.3. The Kier molecular flexibility index (Phi) is 5.66. The van der Waals surface area contributed by atoms with Crippen LogP contribution in [0.15, 0.2) is 24.3 Å². The lowest BCUT2D eigenvalue weighted by Gasteiger charge is -2.14. The molecule has 2 N–H and O–H groups in total. The molecule has 1 atom stereocenters. The van der Waals surface area contributed by atoms with E-state index < -0.39 is 11.9 Å².